The third kappa shape index (κ3) is 3.49. The molecule has 138 valence electrons. The van der Waals surface area contributed by atoms with E-state index in [2.05, 4.69) is 71.0 Å². The molecule has 4 aromatic rings. The highest BCUT2D eigenvalue weighted by atomic mass is 14.9. The van der Waals surface area contributed by atoms with Gasteiger partial charge in [0.05, 0.1) is 17.1 Å². The molecule has 0 radical (unpaired) electrons. The van der Waals surface area contributed by atoms with Crippen molar-refractivity contribution in [3.63, 3.8) is 0 Å². The van der Waals surface area contributed by atoms with Gasteiger partial charge < -0.3 is 5.32 Å². The number of aryl methyl sites for hydroxylation is 1. The summed E-state index contributed by atoms with van der Waals surface area (Å²) >= 11 is 0. The van der Waals surface area contributed by atoms with Crippen LogP contribution in [0.4, 0.5) is 5.69 Å². The van der Waals surface area contributed by atoms with Crippen molar-refractivity contribution >= 4 is 22.8 Å². The van der Waals surface area contributed by atoms with Gasteiger partial charge in [-0.05, 0) is 54.3 Å². The Balaban J connectivity index is 1.80. The predicted octanol–water partition coefficient (Wildman–Crippen LogP) is 5.82. The highest BCUT2D eigenvalue weighted by Crippen LogP contribution is 2.32. The first-order chi connectivity index (χ1) is 13.7. The molecule has 4 heteroatoms. The van der Waals surface area contributed by atoms with E-state index >= 15 is 0 Å². The molecule has 0 aliphatic carbocycles. The van der Waals surface area contributed by atoms with Crippen LogP contribution >= 0.6 is 0 Å². The summed E-state index contributed by atoms with van der Waals surface area (Å²) in [5.74, 6) is 0. The monoisotopic (exact) mass is 366 g/mol. The number of pyridine rings is 1. The molecule has 28 heavy (non-hydrogen) atoms. The summed E-state index contributed by atoms with van der Waals surface area (Å²) in [6.45, 7) is 8.11. The average molecular weight is 366 g/mol. The Morgan fingerprint density at radius 3 is 2.64 bits per heavy atom. The maximum absolute atomic E-state index is 4.59. The minimum absolute atomic E-state index is 0.126. The number of benzene rings is 2. The van der Waals surface area contributed by atoms with Crippen LogP contribution < -0.4 is 5.32 Å². The maximum Gasteiger partial charge on any atom is 0.0966 e. The highest BCUT2D eigenvalue weighted by Gasteiger charge is 2.12. The van der Waals surface area contributed by atoms with E-state index in [9.17, 15) is 0 Å². The van der Waals surface area contributed by atoms with Gasteiger partial charge in [0.1, 0.15) is 0 Å². The van der Waals surface area contributed by atoms with Crippen LogP contribution in [-0.2, 0) is 0 Å². The van der Waals surface area contributed by atoms with Gasteiger partial charge >= 0.3 is 0 Å². The lowest BCUT2D eigenvalue weighted by atomic mass is 9.98. The molecule has 0 saturated heterocycles. The second-order valence-corrected chi connectivity index (χ2v) is 6.88. The van der Waals surface area contributed by atoms with Crippen LogP contribution in [0, 0.1) is 6.92 Å². The first-order valence-electron chi connectivity index (χ1n) is 9.30. The number of anilines is 1. The molecule has 2 heterocycles. The Morgan fingerprint density at radius 2 is 1.89 bits per heavy atom. The van der Waals surface area contributed by atoms with Gasteiger partial charge in [-0.2, -0.15) is 0 Å². The van der Waals surface area contributed by atoms with Gasteiger partial charge in [-0.1, -0.05) is 36.9 Å². The zero-order valence-corrected chi connectivity index (χ0v) is 16.1. The van der Waals surface area contributed by atoms with Crippen LogP contribution in [0.1, 0.15) is 29.7 Å². The molecular weight excluding hydrogens is 344 g/mol. The lowest BCUT2D eigenvalue weighted by Gasteiger charge is -2.17. The van der Waals surface area contributed by atoms with Gasteiger partial charge in [-0.15, -0.1) is 0 Å². The molecule has 1 atom stereocenters. The largest absolute Gasteiger partial charge is 0.378 e. The van der Waals surface area contributed by atoms with Gasteiger partial charge in [-0.25, -0.2) is 0 Å². The smallest absolute Gasteiger partial charge is 0.0966 e. The van der Waals surface area contributed by atoms with E-state index in [4.69, 9.17) is 0 Å². The number of fused-ring (bicyclic) bond motifs is 1. The molecule has 4 nitrogen and oxygen atoms in total. The summed E-state index contributed by atoms with van der Waals surface area (Å²) in [5.41, 5.74) is 8.40. The van der Waals surface area contributed by atoms with E-state index in [0.717, 1.165) is 39.0 Å². The van der Waals surface area contributed by atoms with E-state index in [-0.39, 0.29) is 6.04 Å². The fourth-order valence-corrected chi connectivity index (χ4v) is 3.42. The quantitative estimate of drug-likeness (QED) is 0.484. The first kappa shape index (κ1) is 17.9. The second-order valence-electron chi connectivity index (χ2n) is 6.88. The highest BCUT2D eigenvalue weighted by molar-refractivity contribution is 5.94. The van der Waals surface area contributed by atoms with E-state index in [1.165, 1.54) is 5.56 Å². The summed E-state index contributed by atoms with van der Waals surface area (Å²) in [5, 5.41) is 3.57. The van der Waals surface area contributed by atoms with Crippen LogP contribution in [0.25, 0.3) is 28.2 Å². The van der Waals surface area contributed by atoms with Gasteiger partial charge in [0.25, 0.3) is 0 Å². The van der Waals surface area contributed by atoms with Crippen molar-refractivity contribution in [3.05, 3.63) is 90.5 Å². The molecule has 1 N–H and O–H groups in total. The van der Waals surface area contributed by atoms with E-state index in [1.807, 2.05) is 24.4 Å². The molecule has 0 bridgehead atoms. The molecule has 2 aromatic carbocycles. The van der Waals surface area contributed by atoms with Crippen molar-refractivity contribution in [1.29, 1.82) is 0 Å². The summed E-state index contributed by atoms with van der Waals surface area (Å²) < 4.78 is 0. The standard InChI is InChI=1S/C24H22N4/c1-4-18-7-8-19(12-16(18)2)22-13-21(14-23-24(22)27-11-10-26-23)28-17(3)20-6-5-9-25-15-20/h4-15,17,28H,1H2,2-3H3. The number of hydrogen-bond acceptors (Lipinski definition) is 4. The summed E-state index contributed by atoms with van der Waals surface area (Å²) in [7, 11) is 0. The summed E-state index contributed by atoms with van der Waals surface area (Å²) in [4.78, 5) is 13.3. The van der Waals surface area contributed by atoms with Crippen molar-refractivity contribution in [2.45, 2.75) is 19.9 Å². The molecule has 0 fully saturated rings. The molecule has 2 aromatic heterocycles. The molecule has 0 aliphatic rings. The number of nitrogens with one attached hydrogen (secondary N) is 1. The summed E-state index contributed by atoms with van der Waals surface area (Å²) in [6.07, 6.45) is 9.02. The third-order valence-corrected chi connectivity index (χ3v) is 4.94. The molecule has 0 aliphatic heterocycles. The van der Waals surface area contributed by atoms with Gasteiger partial charge in [0.15, 0.2) is 0 Å². The lowest BCUT2D eigenvalue weighted by molar-refractivity contribution is 0.876. The minimum atomic E-state index is 0.126. The average Bonchev–Trinajstić information content (AvgIpc) is 2.73. The fourth-order valence-electron chi connectivity index (χ4n) is 3.42. The number of hydrogen-bond donors (Lipinski definition) is 1. The lowest BCUT2D eigenvalue weighted by Crippen LogP contribution is -2.07. The van der Waals surface area contributed by atoms with Crippen LogP contribution in [0.2, 0.25) is 0 Å². The fraction of sp³-hybridized carbons (Fsp3) is 0.125. The normalized spacial score (nSPS) is 11.9. The van der Waals surface area contributed by atoms with Gasteiger partial charge in [-0.3, -0.25) is 15.0 Å². The Labute approximate surface area is 165 Å². The molecule has 1 unspecified atom stereocenters. The zero-order chi connectivity index (χ0) is 19.5. The topological polar surface area (TPSA) is 50.7 Å². The number of aromatic nitrogens is 3. The van der Waals surface area contributed by atoms with Crippen molar-refractivity contribution in [1.82, 2.24) is 15.0 Å². The Kier molecular flexibility index (Phi) is 4.85. The van der Waals surface area contributed by atoms with Crippen molar-refractivity contribution < 1.29 is 0 Å². The minimum Gasteiger partial charge on any atom is -0.378 e. The van der Waals surface area contributed by atoms with E-state index < -0.39 is 0 Å². The predicted molar refractivity (Wildman–Crippen MR) is 116 cm³/mol. The van der Waals surface area contributed by atoms with Gasteiger partial charge in [0.2, 0.25) is 0 Å². The van der Waals surface area contributed by atoms with E-state index in [0.29, 0.717) is 0 Å². The van der Waals surface area contributed by atoms with Crippen LogP contribution in [-0.4, -0.2) is 15.0 Å². The Morgan fingerprint density at radius 1 is 1.04 bits per heavy atom. The molecule has 4 rings (SSSR count). The van der Waals surface area contributed by atoms with E-state index in [1.54, 1.807) is 18.6 Å². The Bertz CT molecular complexity index is 1140. The maximum atomic E-state index is 4.59. The third-order valence-electron chi connectivity index (χ3n) is 4.94. The van der Waals surface area contributed by atoms with Gasteiger partial charge in [0, 0.05) is 36.0 Å². The van der Waals surface area contributed by atoms with Crippen LogP contribution in [0.5, 0.6) is 0 Å². The first-order valence-corrected chi connectivity index (χ1v) is 9.30. The zero-order valence-electron chi connectivity index (χ0n) is 16.1. The van der Waals surface area contributed by atoms with Crippen molar-refractivity contribution in [3.8, 4) is 11.1 Å². The molecule has 0 amide bonds. The SMILES string of the molecule is C=Cc1ccc(-c2cc(NC(C)c3cccnc3)cc3nccnc23)cc1C. The number of nitrogens with zero attached hydrogens (tertiary/aromatic N) is 3. The van der Waals surface area contributed by atoms with Crippen molar-refractivity contribution in [2.24, 2.45) is 0 Å². The molecular formula is C24H22N4. The van der Waals surface area contributed by atoms with Crippen LogP contribution in [0.3, 0.4) is 0 Å². The van der Waals surface area contributed by atoms with Crippen LogP contribution in [0.15, 0.2) is 73.8 Å². The number of rotatable bonds is 5. The molecule has 0 saturated carbocycles. The molecule has 0 spiro atoms. The Hall–Kier alpha value is -3.53. The second kappa shape index (κ2) is 7.61. The summed E-state index contributed by atoms with van der Waals surface area (Å²) in [6, 6.07) is 14.7. The van der Waals surface area contributed by atoms with Crippen molar-refractivity contribution in [2.75, 3.05) is 5.32 Å².